The fourth-order valence-corrected chi connectivity index (χ4v) is 1.86. The lowest BCUT2D eigenvalue weighted by atomic mass is 10.0. The molecule has 0 amide bonds. The third-order valence-corrected chi connectivity index (χ3v) is 2.63. The third-order valence-electron chi connectivity index (χ3n) is 2.63. The third kappa shape index (κ3) is 3.28. The molecular formula is C13H16O4. The van der Waals surface area contributed by atoms with E-state index >= 15 is 0 Å². The van der Waals surface area contributed by atoms with Crippen molar-refractivity contribution in [1.29, 1.82) is 0 Å². The van der Waals surface area contributed by atoms with Crippen LogP contribution in [0.4, 0.5) is 0 Å². The molecule has 0 aromatic heterocycles. The van der Waals surface area contributed by atoms with Crippen molar-refractivity contribution in [1.82, 2.24) is 0 Å². The first-order chi connectivity index (χ1) is 8.27. The summed E-state index contributed by atoms with van der Waals surface area (Å²) in [4.78, 5) is 10.8. The zero-order valence-electron chi connectivity index (χ0n) is 9.80. The smallest absolute Gasteiger partial charge is 0.302 e. The molecule has 4 heteroatoms. The minimum Gasteiger partial charge on any atom is -0.463 e. The number of carbonyl (C=O) groups excluding carboxylic acids is 1. The van der Waals surface area contributed by atoms with Gasteiger partial charge in [-0.2, -0.15) is 0 Å². The van der Waals surface area contributed by atoms with E-state index in [4.69, 9.17) is 14.2 Å². The Bertz CT molecular complexity index is 363. The van der Waals surface area contributed by atoms with Gasteiger partial charge in [-0.15, -0.1) is 0 Å². The Morgan fingerprint density at radius 2 is 2.00 bits per heavy atom. The van der Waals surface area contributed by atoms with E-state index in [0.29, 0.717) is 13.2 Å². The van der Waals surface area contributed by atoms with Crippen molar-refractivity contribution in [3.05, 3.63) is 35.9 Å². The molecule has 2 rings (SSSR count). The second kappa shape index (κ2) is 5.80. The summed E-state index contributed by atoms with van der Waals surface area (Å²) in [7, 11) is 0. The minimum atomic E-state index is -0.300. The van der Waals surface area contributed by atoms with E-state index in [9.17, 15) is 4.79 Å². The van der Waals surface area contributed by atoms with Crippen molar-refractivity contribution in [2.24, 2.45) is 0 Å². The monoisotopic (exact) mass is 236 g/mol. The molecule has 2 unspecified atom stereocenters. The fourth-order valence-electron chi connectivity index (χ4n) is 1.86. The molecule has 0 radical (unpaired) electrons. The summed E-state index contributed by atoms with van der Waals surface area (Å²) in [5.41, 5.74) is 1.05. The van der Waals surface area contributed by atoms with Gasteiger partial charge in [0.25, 0.3) is 0 Å². The van der Waals surface area contributed by atoms with Gasteiger partial charge >= 0.3 is 5.97 Å². The van der Waals surface area contributed by atoms with Crippen molar-refractivity contribution in [3.8, 4) is 0 Å². The van der Waals surface area contributed by atoms with Gasteiger partial charge in [-0.05, 0) is 5.56 Å². The van der Waals surface area contributed by atoms with Gasteiger partial charge in [0.1, 0.15) is 18.8 Å². The molecule has 1 heterocycles. The summed E-state index contributed by atoms with van der Waals surface area (Å²) in [6, 6.07) is 9.83. The number of benzene rings is 1. The zero-order valence-corrected chi connectivity index (χ0v) is 9.80. The van der Waals surface area contributed by atoms with Crippen molar-refractivity contribution in [2.75, 3.05) is 19.8 Å². The van der Waals surface area contributed by atoms with Crippen molar-refractivity contribution in [2.45, 2.75) is 19.1 Å². The highest BCUT2D eigenvalue weighted by Gasteiger charge is 2.29. The average molecular weight is 236 g/mol. The summed E-state index contributed by atoms with van der Waals surface area (Å²) >= 11 is 0. The predicted octanol–water partition coefficient (Wildman–Crippen LogP) is 1.71. The molecule has 92 valence electrons. The summed E-state index contributed by atoms with van der Waals surface area (Å²) in [6.07, 6.45) is -0.389. The SMILES string of the molecule is CC(=O)OCC1OCCOC1c1ccccc1. The Morgan fingerprint density at radius 3 is 2.71 bits per heavy atom. The molecule has 17 heavy (non-hydrogen) atoms. The molecule has 1 aromatic rings. The van der Waals surface area contributed by atoms with Crippen LogP contribution < -0.4 is 0 Å². The van der Waals surface area contributed by atoms with Crippen LogP contribution in [-0.2, 0) is 19.0 Å². The zero-order chi connectivity index (χ0) is 12.1. The van der Waals surface area contributed by atoms with Crippen LogP contribution >= 0.6 is 0 Å². The largest absolute Gasteiger partial charge is 0.463 e. The van der Waals surface area contributed by atoms with Crippen LogP contribution in [0.1, 0.15) is 18.6 Å². The highest BCUT2D eigenvalue weighted by molar-refractivity contribution is 5.65. The summed E-state index contributed by atoms with van der Waals surface area (Å²) in [5.74, 6) is -0.300. The Kier molecular flexibility index (Phi) is 4.12. The van der Waals surface area contributed by atoms with Crippen LogP contribution in [0.5, 0.6) is 0 Å². The molecule has 1 aromatic carbocycles. The number of ether oxygens (including phenoxy) is 3. The Hall–Kier alpha value is -1.39. The summed E-state index contributed by atoms with van der Waals surface area (Å²) in [6.45, 7) is 2.72. The van der Waals surface area contributed by atoms with E-state index in [1.54, 1.807) is 0 Å². The van der Waals surface area contributed by atoms with Gasteiger partial charge in [0.05, 0.1) is 13.2 Å². The molecule has 1 saturated heterocycles. The van der Waals surface area contributed by atoms with Gasteiger partial charge < -0.3 is 14.2 Å². The van der Waals surface area contributed by atoms with E-state index in [1.165, 1.54) is 6.92 Å². The lowest BCUT2D eigenvalue weighted by molar-refractivity contribution is -0.172. The second-order valence-corrected chi connectivity index (χ2v) is 3.91. The second-order valence-electron chi connectivity index (χ2n) is 3.91. The van der Waals surface area contributed by atoms with E-state index in [1.807, 2.05) is 30.3 Å². The minimum absolute atomic E-state index is 0.163. The molecule has 4 nitrogen and oxygen atoms in total. The highest BCUT2D eigenvalue weighted by atomic mass is 16.6. The van der Waals surface area contributed by atoms with E-state index in [0.717, 1.165) is 5.56 Å². The first kappa shape index (κ1) is 12.1. The van der Waals surface area contributed by atoms with Crippen LogP contribution in [0.3, 0.4) is 0 Å². The number of carbonyl (C=O) groups is 1. The predicted molar refractivity (Wildman–Crippen MR) is 61.5 cm³/mol. The summed E-state index contributed by atoms with van der Waals surface area (Å²) in [5, 5.41) is 0. The van der Waals surface area contributed by atoms with Crippen LogP contribution in [-0.4, -0.2) is 31.9 Å². The molecule has 0 N–H and O–H groups in total. The Labute approximate surface area is 100 Å². The fraction of sp³-hybridized carbons (Fsp3) is 0.462. The molecule has 0 saturated carbocycles. The number of rotatable bonds is 3. The maximum atomic E-state index is 10.8. The standard InChI is InChI=1S/C13H16O4/c1-10(14)17-9-12-13(16-8-7-15-12)11-5-3-2-4-6-11/h2-6,12-13H,7-9H2,1H3. The van der Waals surface area contributed by atoms with Crippen LogP contribution in [0, 0.1) is 0 Å². The number of hydrogen-bond acceptors (Lipinski definition) is 4. The molecular weight excluding hydrogens is 220 g/mol. The Morgan fingerprint density at radius 1 is 1.29 bits per heavy atom. The molecule has 1 fully saturated rings. The lowest BCUT2D eigenvalue weighted by Gasteiger charge is -2.31. The van der Waals surface area contributed by atoms with Gasteiger partial charge in [-0.3, -0.25) is 4.79 Å². The van der Waals surface area contributed by atoms with Crippen LogP contribution in [0.15, 0.2) is 30.3 Å². The maximum absolute atomic E-state index is 10.8. The first-order valence-electron chi connectivity index (χ1n) is 5.69. The van der Waals surface area contributed by atoms with E-state index in [-0.39, 0.29) is 24.8 Å². The van der Waals surface area contributed by atoms with E-state index < -0.39 is 0 Å². The molecule has 1 aliphatic rings. The average Bonchev–Trinajstić information content (AvgIpc) is 2.38. The van der Waals surface area contributed by atoms with Crippen molar-refractivity contribution < 1.29 is 19.0 Å². The normalized spacial score (nSPS) is 24.3. The van der Waals surface area contributed by atoms with Crippen molar-refractivity contribution in [3.63, 3.8) is 0 Å². The van der Waals surface area contributed by atoms with Gasteiger partial charge in [0.2, 0.25) is 0 Å². The van der Waals surface area contributed by atoms with Gasteiger partial charge in [0, 0.05) is 6.92 Å². The molecule has 1 aliphatic heterocycles. The molecule has 2 atom stereocenters. The summed E-state index contributed by atoms with van der Waals surface area (Å²) < 4.78 is 16.3. The topological polar surface area (TPSA) is 44.8 Å². The van der Waals surface area contributed by atoms with Crippen molar-refractivity contribution >= 4 is 5.97 Å². The molecule has 0 spiro atoms. The lowest BCUT2D eigenvalue weighted by Crippen LogP contribution is -2.36. The maximum Gasteiger partial charge on any atom is 0.302 e. The van der Waals surface area contributed by atoms with Crippen LogP contribution in [0.2, 0.25) is 0 Å². The number of esters is 1. The molecule has 0 bridgehead atoms. The Balaban J connectivity index is 2.04. The first-order valence-corrected chi connectivity index (χ1v) is 5.69. The van der Waals surface area contributed by atoms with Gasteiger partial charge in [-0.25, -0.2) is 0 Å². The van der Waals surface area contributed by atoms with Crippen LogP contribution in [0.25, 0.3) is 0 Å². The van der Waals surface area contributed by atoms with Gasteiger partial charge in [-0.1, -0.05) is 30.3 Å². The van der Waals surface area contributed by atoms with E-state index in [2.05, 4.69) is 0 Å². The van der Waals surface area contributed by atoms with Gasteiger partial charge in [0.15, 0.2) is 0 Å². The number of hydrogen-bond donors (Lipinski definition) is 0. The quantitative estimate of drug-likeness (QED) is 0.749. The highest BCUT2D eigenvalue weighted by Crippen LogP contribution is 2.26. The molecule has 0 aliphatic carbocycles.